The van der Waals surface area contributed by atoms with E-state index in [1.807, 2.05) is 24.3 Å². The van der Waals surface area contributed by atoms with E-state index in [4.69, 9.17) is 4.74 Å². The lowest BCUT2D eigenvalue weighted by Crippen LogP contribution is -2.30. The van der Waals surface area contributed by atoms with Crippen LogP contribution in [0, 0.1) is 3.57 Å². The molecule has 0 saturated heterocycles. The van der Waals surface area contributed by atoms with Crippen molar-refractivity contribution in [2.75, 3.05) is 5.32 Å². The number of aromatic nitrogens is 2. The Hall–Kier alpha value is -2.55. The van der Waals surface area contributed by atoms with Crippen molar-refractivity contribution in [2.24, 2.45) is 0 Å². The standard InChI is InChI=1S/C18H14IN3O3/c1-11(17(23)21-13-8-6-12(19)7-9-13)25-18(24)16-10-20-14-4-2-3-5-15(14)22-16/h2-11H,1H3,(H,21,23). The highest BCUT2D eigenvalue weighted by atomic mass is 127. The third kappa shape index (κ3) is 4.30. The molecule has 7 heteroatoms. The van der Waals surface area contributed by atoms with Gasteiger partial charge < -0.3 is 10.1 Å². The van der Waals surface area contributed by atoms with Crippen LogP contribution in [0.15, 0.2) is 54.7 Å². The lowest BCUT2D eigenvalue weighted by molar-refractivity contribution is -0.123. The first kappa shape index (κ1) is 17.3. The number of carbonyl (C=O) groups excluding carboxylic acids is 2. The Morgan fingerprint density at radius 3 is 2.48 bits per heavy atom. The molecule has 1 N–H and O–H groups in total. The number of hydrogen-bond donors (Lipinski definition) is 1. The fourth-order valence-corrected chi connectivity index (χ4v) is 2.47. The number of carbonyl (C=O) groups is 2. The van der Waals surface area contributed by atoms with E-state index in [9.17, 15) is 9.59 Å². The Morgan fingerprint density at radius 1 is 1.08 bits per heavy atom. The number of fused-ring (bicyclic) bond motifs is 1. The number of para-hydroxylation sites is 2. The minimum Gasteiger partial charge on any atom is -0.448 e. The van der Waals surface area contributed by atoms with E-state index in [2.05, 4.69) is 37.9 Å². The SMILES string of the molecule is CC(OC(=O)c1cnc2ccccc2n1)C(=O)Nc1ccc(I)cc1. The number of rotatable bonds is 4. The van der Waals surface area contributed by atoms with E-state index in [-0.39, 0.29) is 5.69 Å². The molecule has 3 rings (SSSR count). The quantitative estimate of drug-likeness (QED) is 0.490. The average Bonchev–Trinajstić information content (AvgIpc) is 2.63. The molecule has 0 aliphatic heterocycles. The molecule has 2 aromatic carbocycles. The zero-order valence-electron chi connectivity index (χ0n) is 13.3. The van der Waals surface area contributed by atoms with E-state index in [1.165, 1.54) is 13.1 Å². The van der Waals surface area contributed by atoms with Crippen LogP contribution < -0.4 is 5.32 Å². The Labute approximate surface area is 157 Å². The molecule has 25 heavy (non-hydrogen) atoms. The molecule has 3 aromatic rings. The van der Waals surface area contributed by atoms with Crippen molar-refractivity contribution in [3.8, 4) is 0 Å². The predicted molar refractivity (Wildman–Crippen MR) is 102 cm³/mol. The lowest BCUT2D eigenvalue weighted by atomic mass is 10.3. The number of esters is 1. The monoisotopic (exact) mass is 447 g/mol. The summed E-state index contributed by atoms with van der Waals surface area (Å²) in [5.41, 5.74) is 1.97. The molecule has 1 atom stereocenters. The predicted octanol–water partition coefficient (Wildman–Crippen LogP) is 3.42. The Bertz CT molecular complexity index is 928. The van der Waals surface area contributed by atoms with Crippen molar-refractivity contribution in [2.45, 2.75) is 13.0 Å². The van der Waals surface area contributed by atoms with Crippen molar-refractivity contribution in [1.82, 2.24) is 9.97 Å². The summed E-state index contributed by atoms with van der Waals surface area (Å²) in [6.45, 7) is 1.51. The van der Waals surface area contributed by atoms with E-state index in [0.717, 1.165) is 3.57 Å². The molecule has 1 heterocycles. The molecule has 0 aliphatic carbocycles. The Balaban J connectivity index is 1.66. The van der Waals surface area contributed by atoms with Gasteiger partial charge in [-0.1, -0.05) is 12.1 Å². The zero-order chi connectivity index (χ0) is 17.8. The van der Waals surface area contributed by atoms with Crippen molar-refractivity contribution in [3.05, 3.63) is 64.0 Å². The van der Waals surface area contributed by atoms with Crippen LogP contribution in [0.3, 0.4) is 0 Å². The molecule has 1 amide bonds. The summed E-state index contributed by atoms with van der Waals surface area (Å²) in [5.74, 6) is -1.10. The van der Waals surface area contributed by atoms with Gasteiger partial charge in [0.1, 0.15) is 0 Å². The summed E-state index contributed by atoms with van der Waals surface area (Å²) in [7, 11) is 0. The van der Waals surface area contributed by atoms with Gasteiger partial charge in [-0.25, -0.2) is 9.78 Å². The maximum atomic E-state index is 12.2. The van der Waals surface area contributed by atoms with E-state index < -0.39 is 18.0 Å². The zero-order valence-corrected chi connectivity index (χ0v) is 15.4. The van der Waals surface area contributed by atoms with E-state index in [0.29, 0.717) is 16.7 Å². The molecule has 6 nitrogen and oxygen atoms in total. The molecular formula is C18H14IN3O3. The summed E-state index contributed by atoms with van der Waals surface area (Å²) < 4.78 is 6.25. The molecular weight excluding hydrogens is 433 g/mol. The highest BCUT2D eigenvalue weighted by Crippen LogP contribution is 2.13. The van der Waals surface area contributed by atoms with Crippen molar-refractivity contribution >= 4 is 51.2 Å². The maximum Gasteiger partial charge on any atom is 0.359 e. The van der Waals surface area contributed by atoms with Gasteiger partial charge in [-0.3, -0.25) is 9.78 Å². The van der Waals surface area contributed by atoms with Crippen molar-refractivity contribution in [3.63, 3.8) is 0 Å². The number of benzene rings is 2. The summed E-state index contributed by atoms with van der Waals surface area (Å²) in [5, 5.41) is 2.70. The third-order valence-corrected chi connectivity index (χ3v) is 4.14. The molecule has 1 aromatic heterocycles. The van der Waals surface area contributed by atoms with Crippen LogP contribution in [0.4, 0.5) is 5.69 Å². The lowest BCUT2D eigenvalue weighted by Gasteiger charge is -2.13. The Morgan fingerprint density at radius 2 is 1.76 bits per heavy atom. The average molecular weight is 447 g/mol. The van der Waals surface area contributed by atoms with Gasteiger partial charge in [0.15, 0.2) is 11.8 Å². The van der Waals surface area contributed by atoms with Crippen LogP contribution in [0.2, 0.25) is 0 Å². The van der Waals surface area contributed by atoms with Crippen LogP contribution in [0.1, 0.15) is 17.4 Å². The summed E-state index contributed by atoms with van der Waals surface area (Å²) >= 11 is 2.18. The number of halogens is 1. The number of hydrogen-bond acceptors (Lipinski definition) is 5. The fourth-order valence-electron chi connectivity index (χ4n) is 2.11. The molecule has 0 bridgehead atoms. The second-order valence-electron chi connectivity index (χ2n) is 5.29. The van der Waals surface area contributed by atoms with Crippen LogP contribution in [-0.4, -0.2) is 27.9 Å². The minimum atomic E-state index is -0.958. The molecule has 0 aliphatic rings. The Kier molecular flexibility index (Phi) is 5.22. The van der Waals surface area contributed by atoms with Crippen LogP contribution in [0.25, 0.3) is 11.0 Å². The van der Waals surface area contributed by atoms with Gasteiger partial charge in [-0.2, -0.15) is 0 Å². The first-order valence-electron chi connectivity index (χ1n) is 7.52. The highest BCUT2D eigenvalue weighted by molar-refractivity contribution is 14.1. The van der Waals surface area contributed by atoms with Gasteiger partial charge in [0, 0.05) is 9.26 Å². The van der Waals surface area contributed by atoms with Gasteiger partial charge in [0.2, 0.25) is 0 Å². The molecule has 0 spiro atoms. The number of amides is 1. The van der Waals surface area contributed by atoms with Crippen LogP contribution in [0.5, 0.6) is 0 Å². The summed E-state index contributed by atoms with van der Waals surface area (Å²) in [4.78, 5) is 32.7. The summed E-state index contributed by atoms with van der Waals surface area (Å²) in [6, 6.07) is 14.5. The number of ether oxygens (including phenoxy) is 1. The van der Waals surface area contributed by atoms with Gasteiger partial charge in [0.25, 0.3) is 5.91 Å². The molecule has 1 unspecified atom stereocenters. The highest BCUT2D eigenvalue weighted by Gasteiger charge is 2.20. The van der Waals surface area contributed by atoms with Gasteiger partial charge in [0.05, 0.1) is 17.2 Å². The van der Waals surface area contributed by atoms with E-state index in [1.54, 1.807) is 24.3 Å². The second-order valence-corrected chi connectivity index (χ2v) is 6.53. The van der Waals surface area contributed by atoms with E-state index >= 15 is 0 Å². The molecule has 0 fully saturated rings. The third-order valence-electron chi connectivity index (χ3n) is 3.42. The number of anilines is 1. The van der Waals surface area contributed by atoms with Crippen LogP contribution >= 0.6 is 22.6 Å². The van der Waals surface area contributed by atoms with Crippen molar-refractivity contribution < 1.29 is 14.3 Å². The fraction of sp³-hybridized carbons (Fsp3) is 0.111. The first-order valence-corrected chi connectivity index (χ1v) is 8.60. The first-order chi connectivity index (χ1) is 12.0. The smallest absolute Gasteiger partial charge is 0.359 e. The van der Waals surface area contributed by atoms with Gasteiger partial charge in [-0.15, -0.1) is 0 Å². The topological polar surface area (TPSA) is 81.2 Å². The molecule has 0 radical (unpaired) electrons. The van der Waals surface area contributed by atoms with Gasteiger partial charge >= 0.3 is 5.97 Å². The number of nitrogens with one attached hydrogen (secondary N) is 1. The second kappa shape index (κ2) is 7.56. The molecule has 0 saturated carbocycles. The maximum absolute atomic E-state index is 12.2. The number of nitrogens with zero attached hydrogens (tertiary/aromatic N) is 2. The largest absolute Gasteiger partial charge is 0.448 e. The summed E-state index contributed by atoms with van der Waals surface area (Å²) in [6.07, 6.45) is 0.383. The van der Waals surface area contributed by atoms with Gasteiger partial charge in [-0.05, 0) is 65.9 Å². The minimum absolute atomic E-state index is 0.0626. The van der Waals surface area contributed by atoms with Crippen LogP contribution in [-0.2, 0) is 9.53 Å². The molecule has 126 valence electrons. The van der Waals surface area contributed by atoms with Crippen molar-refractivity contribution in [1.29, 1.82) is 0 Å². The normalized spacial score (nSPS) is 11.8.